The zero-order valence-corrected chi connectivity index (χ0v) is 15.2. The van der Waals surface area contributed by atoms with Crippen LogP contribution in [0.2, 0.25) is 0 Å². The van der Waals surface area contributed by atoms with Crippen LogP contribution in [-0.2, 0) is 6.18 Å². The molecule has 1 amide bonds. The molecule has 0 radical (unpaired) electrons. The van der Waals surface area contributed by atoms with E-state index < -0.39 is 17.6 Å². The Bertz CT molecular complexity index is 1050. The fourth-order valence-electron chi connectivity index (χ4n) is 3.68. The number of para-hydroxylation sites is 1. The summed E-state index contributed by atoms with van der Waals surface area (Å²) < 4.78 is 38.5. The number of nitrogens with one attached hydrogen (secondary N) is 2. The van der Waals surface area contributed by atoms with Crippen molar-refractivity contribution in [1.82, 2.24) is 15.3 Å². The van der Waals surface area contributed by atoms with E-state index in [1.165, 1.54) is 18.5 Å². The second-order valence-electron chi connectivity index (χ2n) is 6.92. The Balaban J connectivity index is 1.62. The van der Waals surface area contributed by atoms with Gasteiger partial charge in [-0.05, 0) is 29.8 Å². The molecule has 0 spiro atoms. The fourth-order valence-corrected chi connectivity index (χ4v) is 3.68. The number of nitrogens with zero attached hydrogens (tertiary/aromatic N) is 2. The van der Waals surface area contributed by atoms with E-state index in [2.05, 4.69) is 20.6 Å². The van der Waals surface area contributed by atoms with Crippen LogP contribution < -0.4 is 16.4 Å². The van der Waals surface area contributed by atoms with E-state index >= 15 is 0 Å². The molecule has 3 aromatic rings. The number of alkyl halides is 3. The zero-order valence-electron chi connectivity index (χ0n) is 15.2. The number of carbonyl (C=O) groups excluding carboxylic acids is 1. The zero-order chi connectivity index (χ0) is 20.6. The van der Waals surface area contributed by atoms with Gasteiger partial charge in [0, 0.05) is 30.4 Å². The lowest BCUT2D eigenvalue weighted by Gasteiger charge is -2.22. The fraction of sp³-hybridized carbons (Fsp3) is 0.250. The molecule has 9 heteroatoms. The van der Waals surface area contributed by atoms with Gasteiger partial charge in [0.05, 0.1) is 16.6 Å². The first-order valence-electron chi connectivity index (χ1n) is 9.02. The topological polar surface area (TPSA) is 92.9 Å². The maximum atomic E-state index is 12.8. The maximum Gasteiger partial charge on any atom is 0.416 e. The number of amides is 1. The van der Waals surface area contributed by atoms with E-state index in [-0.39, 0.29) is 12.0 Å². The number of anilines is 1. The minimum absolute atomic E-state index is 0.0402. The van der Waals surface area contributed by atoms with Gasteiger partial charge in [-0.15, -0.1) is 0 Å². The van der Waals surface area contributed by atoms with Crippen molar-refractivity contribution in [2.24, 2.45) is 5.73 Å². The lowest BCUT2D eigenvalue weighted by atomic mass is 9.93. The van der Waals surface area contributed by atoms with Crippen molar-refractivity contribution in [3.05, 3.63) is 65.5 Å². The number of aromatic nitrogens is 2. The second-order valence-corrected chi connectivity index (χ2v) is 6.92. The van der Waals surface area contributed by atoms with Gasteiger partial charge < -0.3 is 16.4 Å². The molecule has 1 aromatic heterocycles. The number of fused-ring (bicyclic) bond motifs is 1. The van der Waals surface area contributed by atoms with Crippen molar-refractivity contribution in [1.29, 1.82) is 0 Å². The van der Waals surface area contributed by atoms with Gasteiger partial charge in [0.2, 0.25) is 0 Å². The summed E-state index contributed by atoms with van der Waals surface area (Å²) in [5.74, 6) is -0.0734. The maximum absolute atomic E-state index is 12.8. The highest BCUT2D eigenvalue weighted by molar-refractivity contribution is 6.06. The quantitative estimate of drug-likeness (QED) is 0.625. The van der Waals surface area contributed by atoms with Crippen LogP contribution in [0.5, 0.6) is 0 Å². The molecule has 0 unspecified atom stereocenters. The first-order valence-corrected chi connectivity index (χ1v) is 9.02. The minimum atomic E-state index is -4.36. The van der Waals surface area contributed by atoms with Crippen molar-refractivity contribution in [3.63, 3.8) is 0 Å². The van der Waals surface area contributed by atoms with Crippen LogP contribution in [0.4, 0.5) is 19.0 Å². The molecule has 1 saturated heterocycles. The van der Waals surface area contributed by atoms with Crippen molar-refractivity contribution >= 4 is 22.6 Å². The first kappa shape index (κ1) is 19.1. The van der Waals surface area contributed by atoms with Gasteiger partial charge in [-0.25, -0.2) is 9.97 Å². The van der Waals surface area contributed by atoms with E-state index in [4.69, 9.17) is 5.73 Å². The van der Waals surface area contributed by atoms with Gasteiger partial charge in [-0.1, -0.05) is 18.2 Å². The molecule has 2 aromatic carbocycles. The average Bonchev–Trinajstić information content (AvgIpc) is 3.15. The molecule has 29 heavy (non-hydrogen) atoms. The molecule has 4 N–H and O–H groups in total. The Morgan fingerprint density at radius 2 is 1.86 bits per heavy atom. The molecule has 0 aliphatic carbocycles. The molecule has 0 saturated carbocycles. The number of carbonyl (C=O) groups is 1. The summed E-state index contributed by atoms with van der Waals surface area (Å²) in [5.41, 5.74) is 6.31. The molecule has 4 rings (SSSR count). The molecule has 2 atom stereocenters. The van der Waals surface area contributed by atoms with Gasteiger partial charge in [0.15, 0.2) is 0 Å². The summed E-state index contributed by atoms with van der Waals surface area (Å²) in [6.07, 6.45) is -3.01. The smallest absolute Gasteiger partial charge is 0.366 e. The van der Waals surface area contributed by atoms with E-state index in [0.29, 0.717) is 35.4 Å². The number of primary amides is 1. The highest BCUT2D eigenvalue weighted by Gasteiger charge is 2.32. The SMILES string of the molecule is NC(=O)c1cccc2c(N[C@H]3CNC[C@@H]3c3ccc(C(F)(F)F)cc3)ncnc12. The van der Waals surface area contributed by atoms with Gasteiger partial charge in [0.25, 0.3) is 5.91 Å². The summed E-state index contributed by atoms with van der Waals surface area (Å²) in [4.78, 5) is 20.1. The molecular formula is C20H18F3N5O. The van der Waals surface area contributed by atoms with Crippen molar-refractivity contribution in [3.8, 4) is 0 Å². The van der Waals surface area contributed by atoms with Crippen molar-refractivity contribution in [2.75, 3.05) is 18.4 Å². The van der Waals surface area contributed by atoms with Crippen LogP contribution in [0.1, 0.15) is 27.4 Å². The van der Waals surface area contributed by atoms with E-state index in [1.54, 1.807) is 18.2 Å². The summed E-state index contributed by atoms with van der Waals surface area (Å²) in [6, 6.07) is 10.2. The van der Waals surface area contributed by atoms with E-state index in [1.807, 2.05) is 0 Å². The monoisotopic (exact) mass is 401 g/mol. The molecule has 6 nitrogen and oxygen atoms in total. The lowest BCUT2D eigenvalue weighted by molar-refractivity contribution is -0.137. The van der Waals surface area contributed by atoms with Gasteiger partial charge in [-0.2, -0.15) is 13.2 Å². The van der Waals surface area contributed by atoms with Crippen molar-refractivity contribution in [2.45, 2.75) is 18.1 Å². The Morgan fingerprint density at radius 1 is 1.10 bits per heavy atom. The molecule has 1 aliphatic heterocycles. The predicted molar refractivity (Wildman–Crippen MR) is 103 cm³/mol. The van der Waals surface area contributed by atoms with Crippen LogP contribution in [-0.4, -0.2) is 35.0 Å². The summed E-state index contributed by atoms with van der Waals surface area (Å²) in [7, 11) is 0. The van der Waals surface area contributed by atoms with Crippen molar-refractivity contribution < 1.29 is 18.0 Å². The molecule has 1 fully saturated rings. The highest BCUT2D eigenvalue weighted by Crippen LogP contribution is 2.32. The summed E-state index contributed by atoms with van der Waals surface area (Å²) in [6.45, 7) is 1.24. The third kappa shape index (κ3) is 3.73. The van der Waals surface area contributed by atoms with Gasteiger partial charge in [0.1, 0.15) is 12.1 Å². The van der Waals surface area contributed by atoms with Crippen LogP contribution in [0, 0.1) is 0 Å². The number of hydrogen-bond donors (Lipinski definition) is 3. The van der Waals surface area contributed by atoms with Gasteiger partial charge >= 0.3 is 6.18 Å². The third-order valence-corrected chi connectivity index (χ3v) is 5.13. The average molecular weight is 401 g/mol. The summed E-state index contributed by atoms with van der Waals surface area (Å²) >= 11 is 0. The normalized spacial score (nSPS) is 19.4. The number of benzene rings is 2. The molecule has 1 aliphatic rings. The number of halogens is 3. The highest BCUT2D eigenvalue weighted by atomic mass is 19.4. The first-order chi connectivity index (χ1) is 13.8. The largest absolute Gasteiger partial charge is 0.416 e. The van der Waals surface area contributed by atoms with Gasteiger partial charge in [-0.3, -0.25) is 4.79 Å². The minimum Gasteiger partial charge on any atom is -0.366 e. The van der Waals surface area contributed by atoms with E-state index in [9.17, 15) is 18.0 Å². The lowest BCUT2D eigenvalue weighted by Crippen LogP contribution is -2.28. The summed E-state index contributed by atoms with van der Waals surface area (Å²) in [5, 5.41) is 7.27. The Kier molecular flexibility index (Phi) is 4.83. The molecular weight excluding hydrogens is 383 g/mol. The Labute approximate surface area is 164 Å². The number of hydrogen-bond acceptors (Lipinski definition) is 5. The molecule has 150 valence electrons. The van der Waals surface area contributed by atoms with Crippen LogP contribution in [0.15, 0.2) is 48.8 Å². The standard InChI is InChI=1S/C20H18F3N5O/c21-20(22,23)12-6-4-11(5-7-12)15-8-25-9-16(15)28-19-14-3-1-2-13(18(24)29)17(14)26-10-27-19/h1-7,10,15-16,25H,8-9H2,(H2,24,29)(H,26,27,28)/t15-,16+/m1/s1. The molecule has 0 bridgehead atoms. The third-order valence-electron chi connectivity index (χ3n) is 5.13. The predicted octanol–water partition coefficient (Wildman–Crippen LogP) is 2.92. The Hall–Kier alpha value is -3.20. The Morgan fingerprint density at radius 3 is 2.55 bits per heavy atom. The van der Waals surface area contributed by atoms with Crippen LogP contribution in [0.3, 0.4) is 0 Å². The van der Waals surface area contributed by atoms with E-state index in [0.717, 1.165) is 17.7 Å². The van der Waals surface area contributed by atoms with Crippen LogP contribution in [0.25, 0.3) is 10.9 Å². The number of rotatable bonds is 4. The molecule has 2 heterocycles. The number of nitrogens with two attached hydrogens (primary N) is 1. The van der Waals surface area contributed by atoms with Crippen LogP contribution >= 0.6 is 0 Å². The second kappa shape index (κ2) is 7.32.